The Bertz CT molecular complexity index is 246. The van der Waals surface area contributed by atoms with Gasteiger partial charge in [-0.3, -0.25) is 0 Å². The third-order valence-electron chi connectivity index (χ3n) is 3.37. The zero-order valence-electron chi connectivity index (χ0n) is 10.2. The van der Waals surface area contributed by atoms with Crippen LogP contribution in [-0.2, 0) is 6.54 Å². The van der Waals surface area contributed by atoms with Gasteiger partial charge in [0, 0.05) is 5.56 Å². The first kappa shape index (κ1) is 14.2. The van der Waals surface area contributed by atoms with Gasteiger partial charge in [-0.15, -0.1) is 0 Å². The van der Waals surface area contributed by atoms with Gasteiger partial charge in [0.1, 0.15) is 6.54 Å². The largest absolute Gasteiger partial charge is 1.00 e. The summed E-state index contributed by atoms with van der Waals surface area (Å²) in [6, 6.07) is 10.8. The van der Waals surface area contributed by atoms with Crippen LogP contribution in [0.1, 0.15) is 26.3 Å². The molecule has 0 bridgehead atoms. The van der Waals surface area contributed by atoms with Gasteiger partial charge in [0.05, 0.1) is 19.6 Å². The summed E-state index contributed by atoms with van der Waals surface area (Å²) in [6.07, 6.45) is 0. The summed E-state index contributed by atoms with van der Waals surface area (Å²) in [5.41, 5.74) is 1.46. The molecule has 2 heteroatoms. The van der Waals surface area contributed by atoms with E-state index in [1.54, 1.807) is 0 Å². The molecule has 1 aromatic carbocycles. The quantitative estimate of drug-likeness (QED) is 0.509. The summed E-state index contributed by atoms with van der Waals surface area (Å²) in [5, 5.41) is 0. The van der Waals surface area contributed by atoms with Crippen molar-refractivity contribution in [2.24, 2.45) is 0 Å². The fourth-order valence-electron chi connectivity index (χ4n) is 1.98. The number of quaternary nitrogens is 1. The van der Waals surface area contributed by atoms with Crippen LogP contribution in [0.2, 0.25) is 0 Å². The van der Waals surface area contributed by atoms with Crippen LogP contribution in [0.25, 0.3) is 0 Å². The molecule has 0 fully saturated rings. The summed E-state index contributed by atoms with van der Waals surface area (Å²) in [5.74, 6) is 0. The fraction of sp³-hybridized carbons (Fsp3) is 0.538. The number of benzene rings is 1. The van der Waals surface area contributed by atoms with Crippen LogP contribution >= 0.6 is 0 Å². The van der Waals surface area contributed by atoms with Gasteiger partial charge in [0.25, 0.3) is 0 Å². The van der Waals surface area contributed by atoms with Crippen LogP contribution in [-0.4, -0.2) is 32.5 Å². The van der Waals surface area contributed by atoms with Crippen molar-refractivity contribution in [2.45, 2.75) is 27.3 Å². The van der Waals surface area contributed by atoms with E-state index in [-0.39, 0.29) is 8.41 Å². The smallest absolute Gasteiger partial charge is 0.104 e. The van der Waals surface area contributed by atoms with Gasteiger partial charge >= 0.3 is 0 Å². The van der Waals surface area contributed by atoms with E-state index in [1.807, 2.05) is 0 Å². The van der Waals surface area contributed by atoms with Crippen LogP contribution in [0, 0.1) is 0 Å². The van der Waals surface area contributed by atoms with E-state index in [0.717, 1.165) is 0 Å². The summed E-state index contributed by atoms with van der Waals surface area (Å²) in [6.45, 7) is 11.7. The van der Waals surface area contributed by atoms with E-state index >= 15 is 0 Å². The molecule has 0 heterocycles. The Morgan fingerprint density at radius 2 is 1.33 bits per heavy atom. The average molecular weight is 203 g/mol. The molecule has 1 rings (SSSR count). The lowest BCUT2D eigenvalue weighted by Crippen LogP contribution is -2.46. The molecule has 0 aliphatic heterocycles. The Kier molecular flexibility index (Phi) is 6.34. The molecule has 0 spiro atoms. The normalized spacial score (nSPS) is 10.9. The highest BCUT2D eigenvalue weighted by Crippen LogP contribution is 2.13. The minimum atomic E-state index is 0. The maximum absolute atomic E-state index is 2.29. The molecular formula is C13H22BN. The first-order valence-corrected chi connectivity index (χ1v) is 5.65. The van der Waals surface area contributed by atoms with E-state index in [0.29, 0.717) is 0 Å². The summed E-state index contributed by atoms with van der Waals surface area (Å²) in [4.78, 5) is 0. The van der Waals surface area contributed by atoms with Crippen LogP contribution in [0.15, 0.2) is 30.3 Å². The summed E-state index contributed by atoms with van der Waals surface area (Å²) in [7, 11) is 0. The van der Waals surface area contributed by atoms with E-state index in [1.165, 1.54) is 36.2 Å². The summed E-state index contributed by atoms with van der Waals surface area (Å²) < 4.78 is 1.20. The minimum absolute atomic E-state index is 0. The van der Waals surface area contributed by atoms with Gasteiger partial charge in [-0.1, -0.05) is 30.3 Å². The molecule has 0 N–H and O–H groups in total. The molecular weight excluding hydrogens is 181 g/mol. The van der Waals surface area contributed by atoms with Gasteiger partial charge in [0.15, 0.2) is 0 Å². The lowest BCUT2D eigenvalue weighted by molar-refractivity contribution is -0.936. The highest BCUT2D eigenvalue weighted by Gasteiger charge is 2.20. The SMILES string of the molecule is CC[N+](CC)(CC)Cc1ccccc1.[B-]. The Hall–Kier alpha value is -0.755. The lowest BCUT2D eigenvalue weighted by atomic mass is 10.2. The summed E-state index contributed by atoms with van der Waals surface area (Å²) >= 11 is 0. The topological polar surface area (TPSA) is 0 Å². The Balaban J connectivity index is 0.00000196. The van der Waals surface area contributed by atoms with Gasteiger partial charge in [-0.2, -0.15) is 0 Å². The molecule has 0 amide bonds. The molecule has 0 saturated heterocycles. The van der Waals surface area contributed by atoms with E-state index < -0.39 is 0 Å². The molecule has 0 unspecified atom stereocenters. The van der Waals surface area contributed by atoms with E-state index in [2.05, 4.69) is 51.1 Å². The zero-order valence-corrected chi connectivity index (χ0v) is 10.2. The number of hydrogen-bond donors (Lipinski definition) is 0. The van der Waals surface area contributed by atoms with Gasteiger partial charge in [0.2, 0.25) is 0 Å². The second-order valence-corrected chi connectivity index (χ2v) is 3.93. The van der Waals surface area contributed by atoms with Crippen LogP contribution < -0.4 is 0 Å². The molecule has 82 valence electrons. The first-order valence-electron chi connectivity index (χ1n) is 5.65. The Labute approximate surface area is 96.3 Å². The second kappa shape index (κ2) is 6.68. The molecule has 15 heavy (non-hydrogen) atoms. The number of hydrogen-bond acceptors (Lipinski definition) is 0. The zero-order chi connectivity index (χ0) is 10.4. The lowest BCUT2D eigenvalue weighted by Gasteiger charge is -2.35. The van der Waals surface area contributed by atoms with E-state index in [9.17, 15) is 0 Å². The van der Waals surface area contributed by atoms with Crippen molar-refractivity contribution in [3.8, 4) is 0 Å². The molecule has 4 radical (unpaired) electrons. The minimum Gasteiger partial charge on any atom is -1.00 e. The molecule has 1 nitrogen and oxygen atoms in total. The molecule has 0 atom stereocenters. The van der Waals surface area contributed by atoms with Gasteiger partial charge < -0.3 is 12.9 Å². The molecule has 0 saturated carbocycles. The second-order valence-electron chi connectivity index (χ2n) is 3.93. The van der Waals surface area contributed by atoms with Crippen molar-refractivity contribution in [3.63, 3.8) is 0 Å². The number of rotatable bonds is 5. The van der Waals surface area contributed by atoms with Crippen LogP contribution in [0.5, 0.6) is 0 Å². The van der Waals surface area contributed by atoms with Crippen molar-refractivity contribution in [1.82, 2.24) is 0 Å². The Morgan fingerprint density at radius 3 is 1.73 bits per heavy atom. The third kappa shape index (κ3) is 3.71. The first-order chi connectivity index (χ1) is 6.76. The van der Waals surface area contributed by atoms with Crippen molar-refractivity contribution in [2.75, 3.05) is 19.6 Å². The molecule has 1 aromatic rings. The maximum Gasteiger partial charge on any atom is 0.104 e. The highest BCUT2D eigenvalue weighted by atomic mass is 15.3. The molecule has 0 aliphatic carbocycles. The Morgan fingerprint density at radius 1 is 0.867 bits per heavy atom. The van der Waals surface area contributed by atoms with Crippen molar-refractivity contribution < 1.29 is 4.48 Å². The third-order valence-corrected chi connectivity index (χ3v) is 3.37. The maximum atomic E-state index is 2.29. The number of nitrogens with zero attached hydrogens (tertiary/aromatic N) is 1. The highest BCUT2D eigenvalue weighted by molar-refractivity contribution is 5.75. The van der Waals surface area contributed by atoms with Gasteiger partial charge in [-0.05, 0) is 20.8 Å². The predicted molar refractivity (Wildman–Crippen MR) is 67.8 cm³/mol. The van der Waals surface area contributed by atoms with Crippen molar-refractivity contribution in [1.29, 1.82) is 0 Å². The molecule has 0 aliphatic rings. The van der Waals surface area contributed by atoms with Crippen molar-refractivity contribution >= 4 is 8.41 Å². The monoisotopic (exact) mass is 203 g/mol. The average Bonchev–Trinajstić information content (AvgIpc) is 2.28. The van der Waals surface area contributed by atoms with E-state index in [4.69, 9.17) is 0 Å². The van der Waals surface area contributed by atoms with Crippen LogP contribution in [0.4, 0.5) is 0 Å². The van der Waals surface area contributed by atoms with Crippen LogP contribution in [0.3, 0.4) is 0 Å². The van der Waals surface area contributed by atoms with Crippen molar-refractivity contribution in [3.05, 3.63) is 35.9 Å². The predicted octanol–water partition coefficient (Wildman–Crippen LogP) is 2.68. The standard InChI is InChI=1S/C13H22N.B/c1-4-14(5-2,6-3)12-13-10-8-7-9-11-13;/h7-11H,4-6,12H2,1-3H3;/q+1;-1. The van der Waals surface area contributed by atoms with Gasteiger partial charge in [-0.25, -0.2) is 0 Å². The molecule has 0 aromatic heterocycles. The fourth-order valence-corrected chi connectivity index (χ4v) is 1.98.